The zero-order valence-corrected chi connectivity index (χ0v) is 12.8. The molecule has 0 amide bonds. The van der Waals surface area contributed by atoms with Gasteiger partial charge in [-0.1, -0.05) is 20.8 Å². The molecule has 1 saturated heterocycles. The average molecular weight is 252 g/mol. The van der Waals surface area contributed by atoms with Crippen molar-refractivity contribution in [2.45, 2.75) is 71.4 Å². The molecule has 0 spiro atoms. The fraction of sp³-hybridized carbons (Fsp3) is 1.00. The van der Waals surface area contributed by atoms with Crippen molar-refractivity contribution in [2.24, 2.45) is 23.5 Å². The highest BCUT2D eigenvalue weighted by atomic mass is 15.2. The van der Waals surface area contributed by atoms with E-state index in [2.05, 4.69) is 32.6 Å². The number of likely N-dealkylation sites (tertiary alicyclic amines) is 1. The number of rotatable bonds is 2. The molecule has 18 heavy (non-hydrogen) atoms. The van der Waals surface area contributed by atoms with Crippen molar-refractivity contribution >= 4 is 0 Å². The summed E-state index contributed by atoms with van der Waals surface area (Å²) in [5.74, 6) is 2.53. The first-order chi connectivity index (χ1) is 8.49. The molecule has 2 rings (SSSR count). The van der Waals surface area contributed by atoms with E-state index < -0.39 is 0 Å². The van der Waals surface area contributed by atoms with Crippen molar-refractivity contribution < 1.29 is 0 Å². The van der Waals surface area contributed by atoms with Crippen molar-refractivity contribution in [1.29, 1.82) is 0 Å². The Bertz CT molecular complexity index is 278. The maximum atomic E-state index is 6.26. The third-order valence-corrected chi connectivity index (χ3v) is 5.81. The highest BCUT2D eigenvalue weighted by molar-refractivity contribution is 5.02. The van der Waals surface area contributed by atoms with Crippen LogP contribution in [0.5, 0.6) is 0 Å². The molecule has 5 unspecified atom stereocenters. The minimum absolute atomic E-state index is 0.298. The number of hydrogen-bond acceptors (Lipinski definition) is 2. The van der Waals surface area contributed by atoms with Crippen LogP contribution in [0.25, 0.3) is 0 Å². The fourth-order valence-electron chi connectivity index (χ4n) is 4.60. The van der Waals surface area contributed by atoms with Crippen LogP contribution >= 0.6 is 0 Å². The van der Waals surface area contributed by atoms with Gasteiger partial charge in [0.2, 0.25) is 0 Å². The Kier molecular flexibility index (Phi) is 4.38. The maximum Gasteiger partial charge on any atom is 0.0360 e. The van der Waals surface area contributed by atoms with Gasteiger partial charge >= 0.3 is 0 Å². The molecule has 0 aromatic heterocycles. The lowest BCUT2D eigenvalue weighted by Gasteiger charge is -2.55. The molecule has 2 fully saturated rings. The first-order valence-corrected chi connectivity index (χ1v) is 7.96. The van der Waals surface area contributed by atoms with Crippen molar-refractivity contribution in [3.05, 3.63) is 0 Å². The topological polar surface area (TPSA) is 29.3 Å². The number of piperidine rings is 1. The van der Waals surface area contributed by atoms with Crippen LogP contribution < -0.4 is 5.73 Å². The second-order valence-corrected chi connectivity index (χ2v) is 7.26. The summed E-state index contributed by atoms with van der Waals surface area (Å²) < 4.78 is 0. The van der Waals surface area contributed by atoms with Gasteiger partial charge in [-0.15, -0.1) is 0 Å². The van der Waals surface area contributed by atoms with Crippen molar-refractivity contribution in [1.82, 2.24) is 4.90 Å². The third kappa shape index (κ3) is 2.46. The SMILES string of the molecule is CC1CCN(C2(CN)CCC(C)CC2C)C(C)C1. The summed E-state index contributed by atoms with van der Waals surface area (Å²) in [5, 5.41) is 0. The van der Waals surface area contributed by atoms with E-state index in [0.717, 1.165) is 24.3 Å². The molecule has 1 heterocycles. The molecule has 0 bridgehead atoms. The maximum absolute atomic E-state index is 6.26. The normalized spacial score (nSPS) is 47.2. The van der Waals surface area contributed by atoms with Gasteiger partial charge in [0.15, 0.2) is 0 Å². The van der Waals surface area contributed by atoms with Gasteiger partial charge in [0.05, 0.1) is 0 Å². The molecule has 0 aromatic rings. The van der Waals surface area contributed by atoms with Crippen LogP contribution in [0.1, 0.15) is 59.8 Å². The molecule has 0 aromatic carbocycles. The Morgan fingerprint density at radius 2 is 1.72 bits per heavy atom. The van der Waals surface area contributed by atoms with Crippen LogP contribution in [0.2, 0.25) is 0 Å². The molecule has 0 radical (unpaired) electrons. The zero-order chi connectivity index (χ0) is 13.3. The standard InChI is InChI=1S/C16H32N2/c1-12-5-7-16(11-17,14(3)9-12)18-8-6-13(2)10-15(18)4/h12-15H,5-11,17H2,1-4H3. The summed E-state index contributed by atoms with van der Waals surface area (Å²) in [6.45, 7) is 11.8. The van der Waals surface area contributed by atoms with Crippen LogP contribution in [0.3, 0.4) is 0 Å². The number of hydrogen-bond donors (Lipinski definition) is 1. The summed E-state index contributed by atoms with van der Waals surface area (Å²) in [5.41, 5.74) is 6.56. The molecule has 106 valence electrons. The first kappa shape index (κ1) is 14.3. The van der Waals surface area contributed by atoms with Crippen LogP contribution in [0.4, 0.5) is 0 Å². The molecule has 2 nitrogen and oxygen atoms in total. The Morgan fingerprint density at radius 1 is 1.06 bits per heavy atom. The molecule has 2 N–H and O–H groups in total. The van der Waals surface area contributed by atoms with E-state index in [0.29, 0.717) is 11.6 Å². The van der Waals surface area contributed by atoms with Gasteiger partial charge in [0.1, 0.15) is 0 Å². The van der Waals surface area contributed by atoms with Gasteiger partial charge in [-0.3, -0.25) is 4.90 Å². The van der Waals surface area contributed by atoms with Crippen LogP contribution in [0, 0.1) is 17.8 Å². The predicted molar refractivity (Wildman–Crippen MR) is 78.5 cm³/mol. The molecule has 1 aliphatic heterocycles. The molecule has 1 saturated carbocycles. The van der Waals surface area contributed by atoms with Gasteiger partial charge in [-0.05, 0) is 63.3 Å². The Balaban J connectivity index is 2.16. The second kappa shape index (κ2) is 5.50. The quantitative estimate of drug-likeness (QED) is 0.817. The second-order valence-electron chi connectivity index (χ2n) is 7.26. The van der Waals surface area contributed by atoms with Gasteiger partial charge < -0.3 is 5.73 Å². The third-order valence-electron chi connectivity index (χ3n) is 5.81. The van der Waals surface area contributed by atoms with Gasteiger partial charge in [0, 0.05) is 18.1 Å². The molecular formula is C16H32N2. The van der Waals surface area contributed by atoms with E-state index in [4.69, 9.17) is 5.73 Å². The summed E-state index contributed by atoms with van der Waals surface area (Å²) in [4.78, 5) is 2.78. The summed E-state index contributed by atoms with van der Waals surface area (Å²) in [7, 11) is 0. The highest BCUT2D eigenvalue weighted by Gasteiger charge is 2.46. The van der Waals surface area contributed by atoms with Crippen molar-refractivity contribution in [3.63, 3.8) is 0 Å². The van der Waals surface area contributed by atoms with E-state index in [1.165, 1.54) is 38.6 Å². The van der Waals surface area contributed by atoms with Crippen molar-refractivity contribution in [3.8, 4) is 0 Å². The molecular weight excluding hydrogens is 220 g/mol. The van der Waals surface area contributed by atoms with E-state index in [-0.39, 0.29) is 0 Å². The average Bonchev–Trinajstić information content (AvgIpc) is 2.31. The van der Waals surface area contributed by atoms with E-state index >= 15 is 0 Å². The van der Waals surface area contributed by atoms with Gasteiger partial charge in [-0.2, -0.15) is 0 Å². The largest absolute Gasteiger partial charge is 0.329 e. The van der Waals surface area contributed by atoms with Crippen LogP contribution in [-0.2, 0) is 0 Å². The first-order valence-electron chi connectivity index (χ1n) is 7.96. The monoisotopic (exact) mass is 252 g/mol. The Hall–Kier alpha value is -0.0800. The zero-order valence-electron chi connectivity index (χ0n) is 12.8. The summed E-state index contributed by atoms with van der Waals surface area (Å²) >= 11 is 0. The number of nitrogens with zero attached hydrogens (tertiary/aromatic N) is 1. The lowest BCUT2D eigenvalue weighted by molar-refractivity contribution is -0.0481. The van der Waals surface area contributed by atoms with Crippen LogP contribution in [0.15, 0.2) is 0 Å². The van der Waals surface area contributed by atoms with Crippen LogP contribution in [-0.4, -0.2) is 29.6 Å². The van der Waals surface area contributed by atoms with E-state index in [9.17, 15) is 0 Å². The van der Waals surface area contributed by atoms with Gasteiger partial charge in [0.25, 0.3) is 0 Å². The lowest BCUT2D eigenvalue weighted by atomic mass is 9.67. The fourth-order valence-corrected chi connectivity index (χ4v) is 4.60. The summed E-state index contributed by atoms with van der Waals surface area (Å²) in [6.07, 6.45) is 6.74. The minimum Gasteiger partial charge on any atom is -0.329 e. The summed E-state index contributed by atoms with van der Waals surface area (Å²) in [6, 6.07) is 0.716. The van der Waals surface area contributed by atoms with Gasteiger partial charge in [-0.25, -0.2) is 0 Å². The molecule has 2 aliphatic rings. The lowest BCUT2D eigenvalue weighted by Crippen LogP contribution is -2.64. The minimum atomic E-state index is 0.298. The predicted octanol–water partition coefficient (Wildman–Crippen LogP) is 3.26. The smallest absolute Gasteiger partial charge is 0.0360 e. The number of nitrogens with two attached hydrogens (primary N) is 1. The van der Waals surface area contributed by atoms with Crippen molar-refractivity contribution in [2.75, 3.05) is 13.1 Å². The molecule has 1 aliphatic carbocycles. The molecule has 5 atom stereocenters. The Morgan fingerprint density at radius 3 is 2.28 bits per heavy atom. The molecule has 2 heteroatoms. The van der Waals surface area contributed by atoms with E-state index in [1.807, 2.05) is 0 Å². The highest BCUT2D eigenvalue weighted by Crippen LogP contribution is 2.43. The van der Waals surface area contributed by atoms with E-state index in [1.54, 1.807) is 0 Å². The Labute approximate surface area is 113 Å².